The number of hydrogen-bond acceptors (Lipinski definition) is 13. The second kappa shape index (κ2) is 12.0. The summed E-state index contributed by atoms with van der Waals surface area (Å²) in [5.74, 6) is -0.695. The maximum Gasteiger partial charge on any atom is 0.243 e. The van der Waals surface area contributed by atoms with Crippen LogP contribution in [0.4, 0.5) is 39.2 Å². The molecule has 0 amide bonds. The number of methoxy groups -OCH3 is 1. The molecule has 0 saturated carbocycles. The lowest BCUT2D eigenvalue weighted by molar-refractivity contribution is 0.103. The average molecular weight is 610 g/mol. The highest BCUT2D eigenvalue weighted by molar-refractivity contribution is 7.89. The fourth-order valence-corrected chi connectivity index (χ4v) is 6.01. The zero-order chi connectivity index (χ0) is 30.7. The van der Waals surface area contributed by atoms with E-state index < -0.39 is 21.6 Å². The number of benzene rings is 2. The van der Waals surface area contributed by atoms with E-state index in [1.807, 2.05) is 0 Å². The van der Waals surface area contributed by atoms with Crippen LogP contribution in [-0.2, 0) is 10.0 Å². The number of ether oxygens (including phenoxy) is 1. The van der Waals surface area contributed by atoms with Crippen molar-refractivity contribution in [1.29, 1.82) is 0 Å². The first kappa shape index (κ1) is 29.3. The van der Waals surface area contributed by atoms with Crippen LogP contribution in [0.2, 0.25) is 0 Å². The SMILES string of the molecule is COc1ccc(F)cc1C(=O)c1cnc(NC2CCN(S(=O)(=O)c3cccc(N=Nc4c(N)n[nH]c4N)c3)CC2)nc1N. The van der Waals surface area contributed by atoms with E-state index in [0.717, 1.165) is 6.07 Å². The Kier molecular flexibility index (Phi) is 8.18. The number of ketones is 1. The first-order valence-electron chi connectivity index (χ1n) is 13.0. The minimum atomic E-state index is -3.82. The average Bonchev–Trinajstić information content (AvgIpc) is 3.32. The highest BCUT2D eigenvalue weighted by Crippen LogP contribution is 2.30. The number of sulfonamides is 1. The smallest absolute Gasteiger partial charge is 0.243 e. The summed E-state index contributed by atoms with van der Waals surface area (Å²) in [4.78, 5) is 21.4. The van der Waals surface area contributed by atoms with Crippen LogP contribution in [0.3, 0.4) is 0 Å². The summed E-state index contributed by atoms with van der Waals surface area (Å²) in [6.45, 7) is 0.471. The maximum atomic E-state index is 13.8. The largest absolute Gasteiger partial charge is 0.496 e. The highest BCUT2D eigenvalue weighted by atomic mass is 32.2. The van der Waals surface area contributed by atoms with Gasteiger partial charge in [-0.2, -0.15) is 19.5 Å². The number of azo groups is 1. The van der Waals surface area contributed by atoms with E-state index in [4.69, 9.17) is 21.9 Å². The lowest BCUT2D eigenvalue weighted by atomic mass is 10.0. The van der Waals surface area contributed by atoms with E-state index >= 15 is 0 Å². The number of carbonyl (C=O) groups is 1. The number of H-pyrrole nitrogens is 1. The molecule has 2 aromatic carbocycles. The maximum absolute atomic E-state index is 13.8. The van der Waals surface area contributed by atoms with Crippen molar-refractivity contribution in [2.45, 2.75) is 23.8 Å². The van der Waals surface area contributed by atoms with E-state index in [1.165, 1.54) is 41.9 Å². The van der Waals surface area contributed by atoms with Crippen LogP contribution in [-0.4, -0.2) is 64.9 Å². The Bertz CT molecular complexity index is 1790. The molecule has 0 unspecified atom stereocenters. The van der Waals surface area contributed by atoms with Crippen LogP contribution in [0.15, 0.2) is 63.8 Å². The summed E-state index contributed by atoms with van der Waals surface area (Å²) in [6.07, 6.45) is 2.18. The number of nitrogens with one attached hydrogen (secondary N) is 2. The Morgan fingerprint density at radius 3 is 2.53 bits per heavy atom. The van der Waals surface area contributed by atoms with Crippen molar-refractivity contribution in [1.82, 2.24) is 24.5 Å². The zero-order valence-corrected chi connectivity index (χ0v) is 23.7. The zero-order valence-electron chi connectivity index (χ0n) is 22.9. The first-order chi connectivity index (χ1) is 20.6. The standard InChI is InChI=1S/C26H28FN11O4S/c1-42-20-6-5-14(27)11-18(20)22(39)19-13-31-26(33-23(19)28)32-15-7-9-38(10-8-15)43(40,41)17-4-2-3-16(12-17)34-35-21-24(29)36-37-25(21)30/h2-6,11-13,15H,7-10H2,1H3,(H3,28,31,32,33)(H5,29,30,36,37). The summed E-state index contributed by atoms with van der Waals surface area (Å²) < 4.78 is 47.0. The first-order valence-corrected chi connectivity index (χ1v) is 14.4. The van der Waals surface area contributed by atoms with Crippen LogP contribution < -0.4 is 27.3 Å². The molecule has 0 atom stereocenters. The number of anilines is 4. The molecule has 0 radical (unpaired) electrons. The Morgan fingerprint density at radius 2 is 1.86 bits per heavy atom. The van der Waals surface area contributed by atoms with Crippen molar-refractivity contribution in [2.75, 3.05) is 42.7 Å². The Hall–Kier alpha value is -5.16. The van der Waals surface area contributed by atoms with Gasteiger partial charge in [-0.25, -0.2) is 17.8 Å². The predicted molar refractivity (Wildman–Crippen MR) is 156 cm³/mol. The summed E-state index contributed by atoms with van der Waals surface area (Å²) >= 11 is 0. The molecule has 0 aliphatic carbocycles. The van der Waals surface area contributed by atoms with Gasteiger partial charge in [0.2, 0.25) is 21.8 Å². The third-order valence-corrected chi connectivity index (χ3v) is 8.67. The van der Waals surface area contributed by atoms with Crippen LogP contribution in [0.1, 0.15) is 28.8 Å². The molecule has 224 valence electrons. The molecule has 4 aromatic rings. The van der Waals surface area contributed by atoms with Crippen LogP contribution in [0.25, 0.3) is 0 Å². The number of aromatic amines is 1. The number of nitrogens with two attached hydrogens (primary N) is 3. The Morgan fingerprint density at radius 1 is 1.09 bits per heavy atom. The number of carbonyl (C=O) groups excluding carboxylic acids is 1. The van der Waals surface area contributed by atoms with Gasteiger partial charge in [0.1, 0.15) is 23.2 Å². The number of hydrogen-bond donors (Lipinski definition) is 5. The normalized spacial score (nSPS) is 14.7. The van der Waals surface area contributed by atoms with Gasteiger partial charge in [-0.15, -0.1) is 5.11 Å². The Balaban J connectivity index is 1.22. The highest BCUT2D eigenvalue weighted by Gasteiger charge is 2.30. The molecule has 2 aromatic heterocycles. The van der Waals surface area contributed by atoms with E-state index in [9.17, 15) is 17.6 Å². The van der Waals surface area contributed by atoms with Gasteiger partial charge >= 0.3 is 0 Å². The molecule has 8 N–H and O–H groups in total. The van der Waals surface area contributed by atoms with Gasteiger partial charge in [0, 0.05) is 25.3 Å². The molecule has 0 spiro atoms. The molecule has 43 heavy (non-hydrogen) atoms. The molecule has 5 rings (SSSR count). The molecule has 17 heteroatoms. The molecule has 1 fully saturated rings. The van der Waals surface area contributed by atoms with E-state index in [1.54, 1.807) is 12.1 Å². The fraction of sp³-hybridized carbons (Fsp3) is 0.231. The monoisotopic (exact) mass is 609 g/mol. The number of rotatable bonds is 9. The summed E-state index contributed by atoms with van der Waals surface area (Å²) in [5.41, 5.74) is 17.9. The van der Waals surface area contributed by atoms with E-state index in [-0.39, 0.29) is 70.0 Å². The molecular weight excluding hydrogens is 581 g/mol. The minimum absolute atomic E-state index is 0.00571. The molecule has 0 bridgehead atoms. The van der Waals surface area contributed by atoms with Gasteiger partial charge in [0.15, 0.2) is 11.5 Å². The van der Waals surface area contributed by atoms with Crippen molar-refractivity contribution in [3.8, 4) is 5.75 Å². The van der Waals surface area contributed by atoms with Crippen molar-refractivity contribution in [2.24, 2.45) is 10.2 Å². The van der Waals surface area contributed by atoms with E-state index in [2.05, 4.69) is 35.7 Å². The van der Waals surface area contributed by atoms with Crippen LogP contribution in [0.5, 0.6) is 5.75 Å². The number of halogens is 1. The molecule has 3 heterocycles. The topological polar surface area (TPSA) is 233 Å². The van der Waals surface area contributed by atoms with Crippen molar-refractivity contribution >= 4 is 50.6 Å². The molecule has 1 aliphatic rings. The van der Waals surface area contributed by atoms with Gasteiger partial charge in [-0.1, -0.05) is 6.07 Å². The summed E-state index contributed by atoms with van der Waals surface area (Å²) in [6, 6.07) is 9.50. The van der Waals surface area contributed by atoms with Crippen LogP contribution >= 0.6 is 0 Å². The third kappa shape index (κ3) is 6.21. The lowest BCUT2D eigenvalue weighted by Gasteiger charge is -2.31. The molecule has 1 aliphatic heterocycles. The van der Waals surface area contributed by atoms with Gasteiger partial charge in [0.25, 0.3) is 0 Å². The number of aromatic nitrogens is 4. The number of nitrogens with zero attached hydrogens (tertiary/aromatic N) is 6. The van der Waals surface area contributed by atoms with Crippen molar-refractivity contribution < 1.29 is 22.3 Å². The minimum Gasteiger partial charge on any atom is -0.496 e. The van der Waals surface area contributed by atoms with E-state index in [0.29, 0.717) is 18.5 Å². The number of piperidine rings is 1. The van der Waals surface area contributed by atoms with Gasteiger partial charge in [0.05, 0.1) is 28.8 Å². The molecule has 1 saturated heterocycles. The number of nitrogen functional groups attached to an aromatic ring is 3. The Labute approximate surface area is 245 Å². The molecule has 15 nitrogen and oxygen atoms in total. The molecular formula is C26H28FN11O4S. The lowest BCUT2D eigenvalue weighted by Crippen LogP contribution is -2.42. The van der Waals surface area contributed by atoms with Crippen LogP contribution in [0, 0.1) is 5.82 Å². The third-order valence-electron chi connectivity index (χ3n) is 6.77. The van der Waals surface area contributed by atoms with Gasteiger partial charge in [-0.3, -0.25) is 9.89 Å². The van der Waals surface area contributed by atoms with Crippen molar-refractivity contribution in [3.05, 3.63) is 65.6 Å². The quantitative estimate of drug-likeness (QED) is 0.137. The van der Waals surface area contributed by atoms with Gasteiger partial charge < -0.3 is 27.3 Å². The van der Waals surface area contributed by atoms with Gasteiger partial charge in [-0.05, 0) is 49.2 Å². The summed E-state index contributed by atoms with van der Waals surface area (Å²) in [7, 11) is -2.45. The fourth-order valence-electron chi connectivity index (χ4n) is 4.50. The summed E-state index contributed by atoms with van der Waals surface area (Å²) in [5, 5.41) is 17.4. The predicted octanol–water partition coefficient (Wildman–Crippen LogP) is 3.01. The van der Waals surface area contributed by atoms with Crippen molar-refractivity contribution in [3.63, 3.8) is 0 Å². The second-order valence-corrected chi connectivity index (χ2v) is 11.5. The second-order valence-electron chi connectivity index (χ2n) is 9.56.